The van der Waals surface area contributed by atoms with Crippen molar-refractivity contribution >= 4 is 5.69 Å². The van der Waals surface area contributed by atoms with Crippen molar-refractivity contribution in [3.8, 4) is 6.07 Å². The van der Waals surface area contributed by atoms with Gasteiger partial charge in [0.05, 0.1) is 11.4 Å². The fraction of sp³-hybridized carbons (Fsp3) is 0.400. The molecule has 1 aliphatic heterocycles. The van der Waals surface area contributed by atoms with Crippen LogP contribution in [-0.2, 0) is 0 Å². The van der Waals surface area contributed by atoms with E-state index in [0.29, 0.717) is 11.6 Å². The fourth-order valence-corrected chi connectivity index (χ4v) is 1.62. The molecule has 66 valence electrons. The van der Waals surface area contributed by atoms with E-state index >= 15 is 0 Å². The molecule has 3 heteroatoms. The van der Waals surface area contributed by atoms with Gasteiger partial charge in [-0.25, -0.2) is 4.98 Å². The molecule has 0 saturated heterocycles. The normalized spacial score (nSPS) is 19.8. The molecule has 1 aliphatic rings. The Labute approximate surface area is 77.4 Å². The minimum Gasteiger partial charge on any atom is -0.384 e. The van der Waals surface area contributed by atoms with Crippen molar-refractivity contribution in [3.05, 3.63) is 23.5 Å². The summed E-state index contributed by atoms with van der Waals surface area (Å²) >= 11 is 0. The van der Waals surface area contributed by atoms with E-state index in [0.717, 1.165) is 24.3 Å². The first kappa shape index (κ1) is 8.06. The zero-order valence-corrected chi connectivity index (χ0v) is 7.54. The standard InChI is InChI=1S/C10H11N3/c1-7-4-5-12-9-3-2-8(6-11)13-10(7)9/h2-3,7,12H,4-5H2,1H3/t7-/m1/s1. The second-order valence-corrected chi connectivity index (χ2v) is 3.36. The largest absolute Gasteiger partial charge is 0.384 e. The van der Waals surface area contributed by atoms with E-state index in [9.17, 15) is 0 Å². The third-order valence-electron chi connectivity index (χ3n) is 2.40. The molecule has 0 saturated carbocycles. The summed E-state index contributed by atoms with van der Waals surface area (Å²) in [7, 11) is 0. The maximum atomic E-state index is 8.69. The highest BCUT2D eigenvalue weighted by Gasteiger charge is 2.17. The molecule has 1 N–H and O–H groups in total. The number of hydrogen-bond acceptors (Lipinski definition) is 3. The van der Waals surface area contributed by atoms with E-state index in [1.165, 1.54) is 0 Å². The van der Waals surface area contributed by atoms with Gasteiger partial charge in [-0.3, -0.25) is 0 Å². The summed E-state index contributed by atoms with van der Waals surface area (Å²) < 4.78 is 0. The van der Waals surface area contributed by atoms with Gasteiger partial charge in [-0.15, -0.1) is 0 Å². The molecule has 0 fully saturated rings. The second-order valence-electron chi connectivity index (χ2n) is 3.36. The molecule has 13 heavy (non-hydrogen) atoms. The number of aromatic nitrogens is 1. The Kier molecular flexibility index (Phi) is 1.90. The third-order valence-corrected chi connectivity index (χ3v) is 2.40. The van der Waals surface area contributed by atoms with Gasteiger partial charge in [0.2, 0.25) is 0 Å². The van der Waals surface area contributed by atoms with E-state index in [2.05, 4.69) is 23.3 Å². The van der Waals surface area contributed by atoms with Gasteiger partial charge in [0, 0.05) is 12.5 Å². The summed E-state index contributed by atoms with van der Waals surface area (Å²) in [4.78, 5) is 4.29. The van der Waals surface area contributed by atoms with Crippen molar-refractivity contribution in [2.75, 3.05) is 11.9 Å². The van der Waals surface area contributed by atoms with Crippen molar-refractivity contribution in [3.63, 3.8) is 0 Å². The number of nitriles is 1. The van der Waals surface area contributed by atoms with Gasteiger partial charge < -0.3 is 5.32 Å². The molecule has 0 bridgehead atoms. The highest BCUT2D eigenvalue weighted by Crippen LogP contribution is 2.29. The van der Waals surface area contributed by atoms with Crippen molar-refractivity contribution < 1.29 is 0 Å². The van der Waals surface area contributed by atoms with Crippen molar-refractivity contribution in [2.45, 2.75) is 19.3 Å². The summed E-state index contributed by atoms with van der Waals surface area (Å²) in [5.74, 6) is 0.463. The lowest BCUT2D eigenvalue weighted by Crippen LogP contribution is -2.16. The van der Waals surface area contributed by atoms with Crippen LogP contribution >= 0.6 is 0 Å². The van der Waals surface area contributed by atoms with Crippen LogP contribution in [0.4, 0.5) is 5.69 Å². The number of anilines is 1. The topological polar surface area (TPSA) is 48.7 Å². The first-order valence-electron chi connectivity index (χ1n) is 4.46. The fourth-order valence-electron chi connectivity index (χ4n) is 1.62. The minimum absolute atomic E-state index is 0.463. The molecule has 1 aromatic heterocycles. The zero-order chi connectivity index (χ0) is 9.26. The Hall–Kier alpha value is -1.56. The number of rotatable bonds is 0. The number of nitrogens with one attached hydrogen (secondary N) is 1. The summed E-state index contributed by atoms with van der Waals surface area (Å²) in [6.07, 6.45) is 1.09. The van der Waals surface area contributed by atoms with Crippen molar-refractivity contribution in [1.29, 1.82) is 5.26 Å². The van der Waals surface area contributed by atoms with Crippen LogP contribution in [0.2, 0.25) is 0 Å². The van der Waals surface area contributed by atoms with Crippen LogP contribution in [0.1, 0.15) is 30.7 Å². The summed E-state index contributed by atoms with van der Waals surface area (Å²) in [6.45, 7) is 3.15. The van der Waals surface area contributed by atoms with Crippen LogP contribution in [0.3, 0.4) is 0 Å². The molecular weight excluding hydrogens is 162 g/mol. The number of fused-ring (bicyclic) bond motifs is 1. The monoisotopic (exact) mass is 173 g/mol. The molecule has 2 heterocycles. The Morgan fingerprint density at radius 3 is 3.23 bits per heavy atom. The van der Waals surface area contributed by atoms with Gasteiger partial charge in [-0.05, 0) is 18.6 Å². The lowest BCUT2D eigenvalue weighted by molar-refractivity contribution is 0.660. The number of hydrogen-bond donors (Lipinski definition) is 1. The Morgan fingerprint density at radius 1 is 1.62 bits per heavy atom. The molecule has 0 unspecified atom stereocenters. The third kappa shape index (κ3) is 1.35. The minimum atomic E-state index is 0.463. The average molecular weight is 173 g/mol. The van der Waals surface area contributed by atoms with E-state index in [4.69, 9.17) is 5.26 Å². The number of nitrogens with zero attached hydrogens (tertiary/aromatic N) is 2. The van der Waals surface area contributed by atoms with Crippen molar-refractivity contribution in [2.24, 2.45) is 0 Å². The highest BCUT2D eigenvalue weighted by molar-refractivity contribution is 5.52. The zero-order valence-electron chi connectivity index (χ0n) is 7.54. The molecule has 1 atom stereocenters. The van der Waals surface area contributed by atoms with Gasteiger partial charge >= 0.3 is 0 Å². The van der Waals surface area contributed by atoms with Crippen LogP contribution in [0, 0.1) is 11.3 Å². The van der Waals surface area contributed by atoms with Crippen LogP contribution in [0.5, 0.6) is 0 Å². The Balaban J connectivity index is 2.48. The first-order valence-corrected chi connectivity index (χ1v) is 4.46. The second kappa shape index (κ2) is 3.06. The van der Waals surface area contributed by atoms with Crippen LogP contribution < -0.4 is 5.32 Å². The molecule has 0 radical (unpaired) electrons. The smallest absolute Gasteiger partial charge is 0.140 e. The van der Waals surface area contributed by atoms with E-state index < -0.39 is 0 Å². The molecule has 3 nitrogen and oxygen atoms in total. The van der Waals surface area contributed by atoms with Gasteiger partial charge in [0.25, 0.3) is 0 Å². The van der Waals surface area contributed by atoms with Gasteiger partial charge in [-0.1, -0.05) is 6.92 Å². The quantitative estimate of drug-likeness (QED) is 0.651. The summed E-state index contributed by atoms with van der Waals surface area (Å²) in [6, 6.07) is 5.75. The van der Waals surface area contributed by atoms with Gasteiger partial charge in [0.1, 0.15) is 11.8 Å². The maximum absolute atomic E-state index is 8.69. The SMILES string of the molecule is C[C@@H]1CCNc2ccc(C#N)nc21. The predicted molar refractivity (Wildman–Crippen MR) is 50.5 cm³/mol. The molecule has 1 aromatic rings. The lowest BCUT2D eigenvalue weighted by atomic mass is 9.98. The summed E-state index contributed by atoms with van der Waals surface area (Å²) in [5.41, 5.74) is 2.62. The molecular formula is C10H11N3. The van der Waals surface area contributed by atoms with Crippen molar-refractivity contribution in [1.82, 2.24) is 4.98 Å². The van der Waals surface area contributed by atoms with E-state index in [1.807, 2.05) is 6.07 Å². The van der Waals surface area contributed by atoms with Crippen LogP contribution in [0.25, 0.3) is 0 Å². The van der Waals surface area contributed by atoms with E-state index in [-0.39, 0.29) is 0 Å². The van der Waals surface area contributed by atoms with Gasteiger partial charge in [-0.2, -0.15) is 5.26 Å². The number of pyridine rings is 1. The Bertz CT molecular complexity index is 365. The molecule has 0 amide bonds. The molecule has 0 aliphatic carbocycles. The van der Waals surface area contributed by atoms with E-state index in [1.54, 1.807) is 6.07 Å². The van der Waals surface area contributed by atoms with Crippen LogP contribution in [0.15, 0.2) is 12.1 Å². The maximum Gasteiger partial charge on any atom is 0.140 e. The van der Waals surface area contributed by atoms with Crippen LogP contribution in [-0.4, -0.2) is 11.5 Å². The average Bonchev–Trinajstić information content (AvgIpc) is 2.18. The van der Waals surface area contributed by atoms with Gasteiger partial charge in [0.15, 0.2) is 0 Å². The predicted octanol–water partition coefficient (Wildman–Crippen LogP) is 1.87. The molecule has 2 rings (SSSR count). The summed E-state index contributed by atoms with van der Waals surface area (Å²) in [5, 5.41) is 12.0. The Morgan fingerprint density at radius 2 is 2.46 bits per heavy atom. The highest BCUT2D eigenvalue weighted by atomic mass is 14.9. The lowest BCUT2D eigenvalue weighted by Gasteiger charge is -2.22. The first-order chi connectivity index (χ1) is 6.31. The molecule has 0 aromatic carbocycles. The molecule has 0 spiro atoms.